The molecule has 0 spiro atoms. The molecule has 2 N–H and O–H groups in total. The van der Waals surface area contributed by atoms with E-state index >= 15 is 0 Å². The summed E-state index contributed by atoms with van der Waals surface area (Å²) < 4.78 is 74.8. The number of hydrogen-bond acceptors (Lipinski definition) is 19. The number of fused-ring (bicyclic) bond motifs is 2. The number of hydrogen-bond donors (Lipinski definition) is 2. The molecule has 0 radical (unpaired) electrons. The Kier molecular flexibility index (Phi) is 33.3. The summed E-state index contributed by atoms with van der Waals surface area (Å²) in [5.74, 6) is -3.72. The van der Waals surface area contributed by atoms with Gasteiger partial charge >= 0.3 is 23.9 Å². The minimum absolute atomic E-state index is 0.0470. The molecule has 0 saturated carbocycles. The molecule has 7 rings (SSSR count). The second-order valence-electron chi connectivity index (χ2n) is 24.9. The van der Waals surface area contributed by atoms with Crippen LogP contribution in [0.2, 0.25) is 0 Å². The topological polar surface area (TPSA) is 232 Å². The fraction of sp³-hybridized carbons (Fsp3) is 0.526. The van der Waals surface area contributed by atoms with Gasteiger partial charge in [-0.25, -0.2) is 19.2 Å². The molecule has 20 nitrogen and oxygen atoms in total. The number of unbranched alkanes of at least 4 members (excludes halogenated alkanes) is 3. The Morgan fingerprint density at radius 2 is 1.27 bits per heavy atom. The van der Waals surface area contributed by atoms with E-state index in [0.29, 0.717) is 46.6 Å². The van der Waals surface area contributed by atoms with E-state index in [2.05, 4.69) is 25.7 Å². The molecule has 4 aromatic carbocycles. The van der Waals surface area contributed by atoms with Crippen molar-refractivity contribution in [2.75, 3.05) is 61.7 Å². The van der Waals surface area contributed by atoms with E-state index in [4.69, 9.17) is 61.6 Å². The first-order valence-corrected chi connectivity index (χ1v) is 33.4. The number of cyclic esters (lactones) is 1. The molecule has 528 valence electrons. The maximum atomic E-state index is 13.5. The Morgan fingerprint density at radius 3 is 1.83 bits per heavy atom. The van der Waals surface area contributed by atoms with Crippen LogP contribution in [0.15, 0.2) is 121 Å². The van der Waals surface area contributed by atoms with Crippen molar-refractivity contribution in [1.82, 2.24) is 4.90 Å². The second kappa shape index (κ2) is 40.3. The number of carboxylic acid groups (broad SMARTS) is 1. The van der Waals surface area contributed by atoms with Gasteiger partial charge in [0.2, 0.25) is 0 Å². The van der Waals surface area contributed by atoms with Gasteiger partial charge in [-0.05, 0) is 159 Å². The number of carboxylic acids is 1. The SMILES string of the molecule is CCCCN(CCCC)CCCC.COCOc1cc(OC)cc(/C=C/C[C@@H]2OC(C)(C)O[C@@H]2C(/C=C\[C@H](C)[C@H](C)O)OC(=O)c2ccccc2)c1C(=O)O.COCOc1cc(OC)cc2c1C(=O)O[C@@H](C)[C@H](C)/C=C\C(OC(=O)c1ccccc1)C1OC(C)(C)OC1C/C=C/2. The Hall–Kier alpha value is -7.40. The van der Waals surface area contributed by atoms with Gasteiger partial charge < -0.3 is 76.7 Å². The lowest BCUT2D eigenvalue weighted by Gasteiger charge is -2.25. The molecule has 96 heavy (non-hydrogen) atoms. The number of aliphatic hydroxyl groups excluding tert-OH is 1. The van der Waals surface area contributed by atoms with Crippen LogP contribution < -0.4 is 18.9 Å². The van der Waals surface area contributed by atoms with E-state index in [0.717, 1.165) is 0 Å². The van der Waals surface area contributed by atoms with Crippen LogP contribution in [0.4, 0.5) is 0 Å². The molecule has 20 heteroatoms. The molecule has 3 heterocycles. The number of carbonyl (C=O) groups excluding carboxylic acids is 3. The van der Waals surface area contributed by atoms with Crippen LogP contribution in [0.1, 0.15) is 180 Å². The summed E-state index contributed by atoms with van der Waals surface area (Å²) >= 11 is 0. The Morgan fingerprint density at radius 1 is 0.708 bits per heavy atom. The average molecular weight is 1340 g/mol. The molecular weight excluding hydrogens is 1230 g/mol. The van der Waals surface area contributed by atoms with Gasteiger partial charge in [0, 0.05) is 32.3 Å². The van der Waals surface area contributed by atoms with Crippen molar-refractivity contribution in [2.24, 2.45) is 11.8 Å². The van der Waals surface area contributed by atoms with Crippen LogP contribution in [-0.4, -0.2) is 161 Å². The van der Waals surface area contributed by atoms with Crippen LogP contribution in [0.5, 0.6) is 23.0 Å². The van der Waals surface area contributed by atoms with Crippen LogP contribution in [0, 0.1) is 11.8 Å². The number of nitrogens with zero attached hydrogens (tertiary/aromatic N) is 1. The number of benzene rings is 4. The van der Waals surface area contributed by atoms with Crippen LogP contribution in [-0.2, 0) is 42.6 Å². The number of esters is 3. The van der Waals surface area contributed by atoms with Crippen molar-refractivity contribution in [3.8, 4) is 23.0 Å². The van der Waals surface area contributed by atoms with Gasteiger partial charge in [-0.3, -0.25) is 0 Å². The van der Waals surface area contributed by atoms with Crippen molar-refractivity contribution < 1.29 is 91.0 Å². The van der Waals surface area contributed by atoms with Crippen molar-refractivity contribution in [2.45, 2.75) is 188 Å². The zero-order valence-corrected chi connectivity index (χ0v) is 58.9. The number of aliphatic hydroxyl groups is 1. The molecule has 0 aromatic heterocycles. The molecule has 2 saturated heterocycles. The summed E-state index contributed by atoms with van der Waals surface area (Å²) in [6, 6.07) is 23.9. The normalized spacial score (nSPS) is 22.1. The van der Waals surface area contributed by atoms with Gasteiger partial charge in [0.05, 0.1) is 43.7 Å². The minimum atomic E-state index is -1.17. The van der Waals surface area contributed by atoms with Gasteiger partial charge in [0.15, 0.2) is 25.2 Å². The Bertz CT molecular complexity index is 3120. The Labute approximate surface area is 568 Å². The lowest BCUT2D eigenvalue weighted by Crippen LogP contribution is -2.37. The van der Waals surface area contributed by atoms with Crippen LogP contribution >= 0.6 is 0 Å². The third-order valence-corrected chi connectivity index (χ3v) is 16.2. The monoisotopic (exact) mass is 1340 g/mol. The molecule has 3 aliphatic rings. The maximum Gasteiger partial charge on any atom is 0.342 e. The minimum Gasteiger partial charge on any atom is -0.497 e. The largest absolute Gasteiger partial charge is 0.497 e. The highest BCUT2D eigenvalue weighted by molar-refractivity contribution is 5.97. The fourth-order valence-corrected chi connectivity index (χ4v) is 10.6. The first-order valence-electron chi connectivity index (χ1n) is 33.4. The zero-order chi connectivity index (χ0) is 70.4. The van der Waals surface area contributed by atoms with Crippen molar-refractivity contribution >= 4 is 36.0 Å². The molecule has 0 amide bonds. The Balaban J connectivity index is 0.000000293. The predicted molar refractivity (Wildman–Crippen MR) is 369 cm³/mol. The van der Waals surface area contributed by atoms with Gasteiger partial charge in [0.1, 0.15) is 64.6 Å². The molecule has 0 bridgehead atoms. The molecule has 4 aromatic rings. The summed E-state index contributed by atoms with van der Waals surface area (Å²) in [6.07, 6.45) is 18.1. The van der Waals surface area contributed by atoms with E-state index in [1.54, 1.807) is 131 Å². The van der Waals surface area contributed by atoms with Gasteiger partial charge in [-0.1, -0.05) is 127 Å². The van der Waals surface area contributed by atoms with Crippen molar-refractivity contribution in [3.05, 3.63) is 155 Å². The highest BCUT2D eigenvalue weighted by atomic mass is 16.8. The van der Waals surface area contributed by atoms with Gasteiger partial charge in [-0.15, -0.1) is 0 Å². The predicted octanol–water partition coefficient (Wildman–Crippen LogP) is 14.4. The highest BCUT2D eigenvalue weighted by Gasteiger charge is 2.47. The number of rotatable bonds is 29. The maximum absolute atomic E-state index is 13.5. The summed E-state index contributed by atoms with van der Waals surface area (Å²) in [5, 5.41) is 19.9. The summed E-state index contributed by atoms with van der Waals surface area (Å²) in [5.41, 5.74) is 1.95. The zero-order valence-electron chi connectivity index (χ0n) is 58.9. The van der Waals surface area contributed by atoms with Crippen molar-refractivity contribution in [1.29, 1.82) is 0 Å². The lowest BCUT2D eigenvalue weighted by molar-refractivity contribution is -0.153. The number of ether oxygens (including phenoxy) is 13. The molecular formula is C76H105NO19. The van der Waals surface area contributed by atoms with Crippen molar-refractivity contribution in [3.63, 3.8) is 0 Å². The van der Waals surface area contributed by atoms with E-state index in [-0.39, 0.29) is 48.0 Å². The highest BCUT2D eigenvalue weighted by Crippen LogP contribution is 2.38. The molecule has 3 aliphatic heterocycles. The standard InChI is InChI=1S/C32H40O10.C32H38O9.C12H27N/c1-20(21(2)33)15-16-25(40-31(36)22-11-8-7-9-12-22)29-26(41-32(3,4)42-29)14-10-13-23-17-24(38-6)18-27(39-19-37-5)28(23)30(34)35;1-20-15-16-25(39-30(33)22-11-8-7-9-12-22)29-26(40-32(3,4)41-29)14-10-13-23-17-24(36-6)18-27(37-19-35-5)28(23)31(34)38-21(20)2;1-4-7-10-13(11-8-5-2)12-9-6-3/h7-13,15-18,20-21,25-26,29,33H,14,19H2,1-6H3,(H,34,35);7-13,15-18,20-21,25-26,29H,14,19H2,1-6H3;4-12H2,1-3H3/b2*13-10+,16-15-;/t20-,21-,25?,26-,29+;20-,21+,25?,26?,29?;/m01./s1. The third kappa shape index (κ3) is 25.2. The summed E-state index contributed by atoms with van der Waals surface area (Å²) in [4.78, 5) is 54.3. The van der Waals surface area contributed by atoms with E-state index in [9.17, 15) is 29.4 Å². The van der Waals surface area contributed by atoms with Gasteiger partial charge in [0.25, 0.3) is 0 Å². The number of carbonyl (C=O) groups is 4. The molecule has 2 fully saturated rings. The molecule has 4 unspecified atom stereocenters. The summed E-state index contributed by atoms with van der Waals surface area (Å²) in [6.45, 7) is 25.0. The second-order valence-corrected chi connectivity index (χ2v) is 24.9. The lowest BCUT2D eigenvalue weighted by atomic mass is 9.98. The fourth-order valence-electron chi connectivity index (χ4n) is 10.6. The van der Waals surface area contributed by atoms with E-state index < -0.39 is 84.3 Å². The first kappa shape index (κ1) is 79.3. The number of aromatic carboxylic acids is 1. The number of methoxy groups -OCH3 is 4. The van der Waals surface area contributed by atoms with E-state index in [1.807, 2.05) is 52.0 Å². The van der Waals surface area contributed by atoms with Gasteiger partial charge in [-0.2, -0.15) is 0 Å². The smallest absolute Gasteiger partial charge is 0.342 e. The average Bonchev–Trinajstić information content (AvgIpc) is 1.31. The van der Waals surface area contributed by atoms with Crippen LogP contribution in [0.25, 0.3) is 12.2 Å². The molecule has 10 atom stereocenters. The first-order chi connectivity index (χ1) is 45.9. The van der Waals surface area contributed by atoms with Crippen LogP contribution in [0.3, 0.4) is 0 Å². The quantitative estimate of drug-likeness (QED) is 0.0223. The molecule has 0 aliphatic carbocycles. The summed E-state index contributed by atoms with van der Waals surface area (Å²) in [7, 11) is 5.95. The third-order valence-electron chi connectivity index (χ3n) is 16.2. The van der Waals surface area contributed by atoms with E-state index in [1.165, 1.54) is 92.7 Å².